The molecule has 1 N–H and O–H groups in total. The summed E-state index contributed by atoms with van der Waals surface area (Å²) in [5, 5.41) is 3.69. The highest BCUT2D eigenvalue weighted by Gasteiger charge is 2.44. The Morgan fingerprint density at radius 3 is 2.45 bits per heavy atom. The molecule has 118 valence electrons. The molecule has 0 saturated heterocycles. The van der Waals surface area contributed by atoms with Gasteiger partial charge in [-0.2, -0.15) is 0 Å². The standard InChI is InChI=1S/C18H35NO/c1-4-15-10-9-11-16(14-15)17(19-3)18(20-5-2)12-7-6-8-13-18/h15-17,19H,4-14H2,1-3H3. The van der Waals surface area contributed by atoms with Crippen LogP contribution in [0.1, 0.15) is 78.1 Å². The van der Waals surface area contributed by atoms with Crippen molar-refractivity contribution in [3.8, 4) is 0 Å². The molecule has 0 spiro atoms. The van der Waals surface area contributed by atoms with E-state index in [0.717, 1.165) is 18.4 Å². The number of hydrogen-bond acceptors (Lipinski definition) is 2. The number of hydrogen-bond donors (Lipinski definition) is 1. The molecule has 0 radical (unpaired) electrons. The van der Waals surface area contributed by atoms with Crippen LogP contribution in [0.4, 0.5) is 0 Å². The van der Waals surface area contributed by atoms with E-state index in [1.54, 1.807) is 0 Å². The Hall–Kier alpha value is -0.0800. The van der Waals surface area contributed by atoms with Crippen LogP contribution in [-0.2, 0) is 4.74 Å². The summed E-state index contributed by atoms with van der Waals surface area (Å²) in [6.07, 6.45) is 13.7. The summed E-state index contributed by atoms with van der Waals surface area (Å²) < 4.78 is 6.38. The molecule has 2 saturated carbocycles. The molecule has 2 heteroatoms. The SMILES string of the molecule is CCOC1(C(NC)C2CCCC(CC)C2)CCCCC1. The Kier molecular flexibility index (Phi) is 6.35. The van der Waals surface area contributed by atoms with Crippen molar-refractivity contribution >= 4 is 0 Å². The van der Waals surface area contributed by atoms with Crippen molar-refractivity contribution in [2.45, 2.75) is 89.7 Å². The Balaban J connectivity index is 2.10. The van der Waals surface area contributed by atoms with Crippen LogP contribution in [0.15, 0.2) is 0 Å². The maximum Gasteiger partial charge on any atom is 0.0837 e. The van der Waals surface area contributed by atoms with E-state index >= 15 is 0 Å². The van der Waals surface area contributed by atoms with Crippen molar-refractivity contribution in [2.75, 3.05) is 13.7 Å². The quantitative estimate of drug-likeness (QED) is 0.772. The summed E-state index contributed by atoms with van der Waals surface area (Å²) in [5.74, 6) is 1.77. The predicted octanol–water partition coefficient (Wildman–Crippen LogP) is 4.53. The molecule has 2 fully saturated rings. The molecule has 20 heavy (non-hydrogen) atoms. The lowest BCUT2D eigenvalue weighted by atomic mass is 9.68. The van der Waals surface area contributed by atoms with Crippen LogP contribution in [0.3, 0.4) is 0 Å². The number of rotatable bonds is 6. The first-order chi connectivity index (χ1) is 9.75. The van der Waals surface area contributed by atoms with Gasteiger partial charge in [0.15, 0.2) is 0 Å². The van der Waals surface area contributed by atoms with Crippen LogP contribution in [0.5, 0.6) is 0 Å². The second kappa shape index (κ2) is 7.79. The monoisotopic (exact) mass is 281 g/mol. The van der Waals surface area contributed by atoms with Crippen LogP contribution in [0.2, 0.25) is 0 Å². The maximum absolute atomic E-state index is 6.38. The lowest BCUT2D eigenvalue weighted by molar-refractivity contribution is -0.105. The summed E-state index contributed by atoms with van der Waals surface area (Å²) in [6, 6.07) is 0.567. The molecule has 3 unspecified atom stereocenters. The normalized spacial score (nSPS) is 31.9. The van der Waals surface area contributed by atoms with Crippen molar-refractivity contribution in [2.24, 2.45) is 11.8 Å². The lowest BCUT2D eigenvalue weighted by Gasteiger charge is -2.48. The largest absolute Gasteiger partial charge is 0.374 e. The average Bonchev–Trinajstić information content (AvgIpc) is 2.49. The number of nitrogens with one attached hydrogen (secondary N) is 1. The third-order valence-electron chi connectivity index (χ3n) is 5.88. The topological polar surface area (TPSA) is 21.3 Å². The van der Waals surface area contributed by atoms with E-state index in [1.165, 1.54) is 64.2 Å². The van der Waals surface area contributed by atoms with E-state index in [2.05, 4.69) is 26.2 Å². The molecular formula is C18H35NO. The zero-order valence-electron chi connectivity index (χ0n) is 13.9. The smallest absolute Gasteiger partial charge is 0.0837 e. The molecule has 0 bridgehead atoms. The fourth-order valence-corrected chi connectivity index (χ4v) is 4.92. The average molecular weight is 281 g/mol. The first-order valence-electron chi connectivity index (χ1n) is 9.07. The van der Waals surface area contributed by atoms with Gasteiger partial charge in [-0.25, -0.2) is 0 Å². The second-order valence-electron chi connectivity index (χ2n) is 7.03. The first kappa shape index (κ1) is 16.3. The predicted molar refractivity (Wildman–Crippen MR) is 86.0 cm³/mol. The minimum atomic E-state index is 0.127. The van der Waals surface area contributed by atoms with E-state index in [4.69, 9.17) is 4.74 Å². The zero-order chi connectivity index (χ0) is 14.4. The van der Waals surface area contributed by atoms with Crippen LogP contribution in [0.25, 0.3) is 0 Å². The third-order valence-corrected chi connectivity index (χ3v) is 5.88. The van der Waals surface area contributed by atoms with Crippen molar-refractivity contribution in [1.29, 1.82) is 0 Å². The first-order valence-corrected chi connectivity index (χ1v) is 9.07. The molecule has 0 aromatic heterocycles. The third kappa shape index (κ3) is 3.57. The van der Waals surface area contributed by atoms with E-state index in [9.17, 15) is 0 Å². The maximum atomic E-state index is 6.38. The van der Waals surface area contributed by atoms with Gasteiger partial charge in [-0.3, -0.25) is 0 Å². The minimum Gasteiger partial charge on any atom is -0.374 e. The summed E-state index contributed by atoms with van der Waals surface area (Å²) in [4.78, 5) is 0. The van der Waals surface area contributed by atoms with Gasteiger partial charge in [0.1, 0.15) is 0 Å². The highest BCUT2D eigenvalue weighted by molar-refractivity contribution is 4.99. The van der Waals surface area contributed by atoms with Crippen molar-refractivity contribution < 1.29 is 4.74 Å². The van der Waals surface area contributed by atoms with Crippen LogP contribution >= 0.6 is 0 Å². The molecular weight excluding hydrogens is 246 g/mol. The zero-order valence-corrected chi connectivity index (χ0v) is 13.9. The molecule has 0 heterocycles. The molecule has 3 atom stereocenters. The van der Waals surface area contributed by atoms with Crippen LogP contribution < -0.4 is 5.32 Å². The summed E-state index contributed by atoms with van der Waals surface area (Å²) in [6.45, 7) is 5.39. The van der Waals surface area contributed by atoms with Gasteiger partial charge >= 0.3 is 0 Å². The Morgan fingerprint density at radius 2 is 1.85 bits per heavy atom. The van der Waals surface area contributed by atoms with Gasteiger partial charge in [0.05, 0.1) is 5.60 Å². The van der Waals surface area contributed by atoms with Gasteiger partial charge in [0, 0.05) is 12.6 Å². The van der Waals surface area contributed by atoms with Crippen LogP contribution in [0, 0.1) is 11.8 Å². The highest BCUT2D eigenvalue weighted by atomic mass is 16.5. The van der Waals surface area contributed by atoms with Crippen LogP contribution in [-0.4, -0.2) is 25.3 Å². The van der Waals surface area contributed by atoms with Gasteiger partial charge in [-0.05, 0) is 51.5 Å². The minimum absolute atomic E-state index is 0.127. The molecule has 0 aromatic carbocycles. The van der Waals surface area contributed by atoms with E-state index in [0.29, 0.717) is 6.04 Å². The van der Waals surface area contributed by atoms with Crippen molar-refractivity contribution in [3.05, 3.63) is 0 Å². The molecule has 0 amide bonds. The molecule has 2 aliphatic carbocycles. The Bertz CT molecular complexity index is 267. The molecule has 0 aromatic rings. The van der Waals surface area contributed by atoms with Gasteiger partial charge in [-0.15, -0.1) is 0 Å². The van der Waals surface area contributed by atoms with Gasteiger partial charge in [-0.1, -0.05) is 45.4 Å². The summed E-state index contributed by atoms with van der Waals surface area (Å²) in [7, 11) is 2.16. The summed E-state index contributed by atoms with van der Waals surface area (Å²) >= 11 is 0. The van der Waals surface area contributed by atoms with E-state index in [-0.39, 0.29) is 5.60 Å². The molecule has 2 rings (SSSR count). The second-order valence-corrected chi connectivity index (χ2v) is 7.03. The lowest BCUT2D eigenvalue weighted by Crippen LogP contribution is -2.57. The van der Waals surface area contributed by atoms with Gasteiger partial charge < -0.3 is 10.1 Å². The molecule has 2 nitrogen and oxygen atoms in total. The van der Waals surface area contributed by atoms with Gasteiger partial charge in [0.25, 0.3) is 0 Å². The summed E-state index contributed by atoms with van der Waals surface area (Å²) in [5.41, 5.74) is 0.127. The fraction of sp³-hybridized carbons (Fsp3) is 1.00. The molecule has 0 aliphatic heterocycles. The molecule has 2 aliphatic rings. The highest BCUT2D eigenvalue weighted by Crippen LogP contribution is 2.42. The number of ether oxygens (including phenoxy) is 1. The van der Waals surface area contributed by atoms with E-state index < -0.39 is 0 Å². The van der Waals surface area contributed by atoms with Crippen molar-refractivity contribution in [1.82, 2.24) is 5.32 Å². The van der Waals surface area contributed by atoms with Crippen molar-refractivity contribution in [3.63, 3.8) is 0 Å². The Labute approximate surface area is 126 Å². The number of likely N-dealkylation sites (N-methyl/N-ethyl adjacent to an activating group) is 1. The Morgan fingerprint density at radius 1 is 1.10 bits per heavy atom. The van der Waals surface area contributed by atoms with E-state index in [1.807, 2.05) is 0 Å². The fourth-order valence-electron chi connectivity index (χ4n) is 4.92. The van der Waals surface area contributed by atoms with Gasteiger partial charge in [0.2, 0.25) is 0 Å².